The number of ether oxygens (including phenoxy) is 1. The Hall–Kier alpha value is -2.57. The molecule has 4 rings (SSSR count). The standard InChI is InChI=1S/C24H18Cl3NO4/c25-17-7-1-14(2-8-17)21-23(16-5-11-19(27)12-6-16)32-13-20(29)28(21)22(24(30)31)15-3-9-18(26)10-4-15/h1-12,21-23H,13H2,(H,30,31)/t21-,22+,23+/m0/s1. The van der Waals surface area contributed by atoms with E-state index in [2.05, 4.69) is 0 Å². The first-order valence-corrected chi connectivity index (χ1v) is 10.9. The molecule has 0 spiro atoms. The van der Waals surface area contributed by atoms with Gasteiger partial charge < -0.3 is 14.7 Å². The predicted octanol–water partition coefficient (Wildman–Crippen LogP) is 6.11. The van der Waals surface area contributed by atoms with E-state index in [0.717, 1.165) is 5.56 Å². The molecule has 1 fully saturated rings. The summed E-state index contributed by atoms with van der Waals surface area (Å²) in [6, 6.07) is 18.5. The Balaban J connectivity index is 1.86. The maximum Gasteiger partial charge on any atom is 0.331 e. The van der Waals surface area contributed by atoms with Crippen LogP contribution in [0.3, 0.4) is 0 Å². The van der Waals surface area contributed by atoms with Crippen LogP contribution >= 0.6 is 34.8 Å². The van der Waals surface area contributed by atoms with Crippen LogP contribution in [0.25, 0.3) is 0 Å². The summed E-state index contributed by atoms with van der Waals surface area (Å²) >= 11 is 18.1. The average molecular weight is 491 g/mol. The second-order valence-electron chi connectivity index (χ2n) is 7.37. The van der Waals surface area contributed by atoms with Crippen LogP contribution in [-0.2, 0) is 14.3 Å². The van der Waals surface area contributed by atoms with Gasteiger partial charge in [-0.25, -0.2) is 4.79 Å². The minimum absolute atomic E-state index is 0.255. The van der Waals surface area contributed by atoms with E-state index in [1.807, 2.05) is 12.1 Å². The number of nitrogens with zero attached hydrogens (tertiary/aromatic N) is 1. The predicted molar refractivity (Wildman–Crippen MR) is 123 cm³/mol. The molecule has 1 aliphatic heterocycles. The Morgan fingerprint density at radius 1 is 0.844 bits per heavy atom. The largest absolute Gasteiger partial charge is 0.479 e. The number of halogens is 3. The summed E-state index contributed by atoms with van der Waals surface area (Å²) in [7, 11) is 0. The van der Waals surface area contributed by atoms with Gasteiger partial charge in [0.25, 0.3) is 0 Å². The van der Waals surface area contributed by atoms with Gasteiger partial charge in [-0.2, -0.15) is 0 Å². The monoisotopic (exact) mass is 489 g/mol. The topological polar surface area (TPSA) is 66.8 Å². The third-order valence-corrected chi connectivity index (χ3v) is 6.12. The molecule has 0 bridgehead atoms. The lowest BCUT2D eigenvalue weighted by Crippen LogP contribution is -2.49. The number of benzene rings is 3. The summed E-state index contributed by atoms with van der Waals surface area (Å²) in [5.74, 6) is -1.59. The van der Waals surface area contributed by atoms with Gasteiger partial charge >= 0.3 is 5.97 Å². The number of morpholine rings is 1. The minimum atomic E-state index is -1.24. The first kappa shape index (κ1) is 22.6. The van der Waals surface area contributed by atoms with Crippen molar-refractivity contribution in [3.8, 4) is 0 Å². The van der Waals surface area contributed by atoms with Crippen molar-refractivity contribution in [2.24, 2.45) is 0 Å². The summed E-state index contributed by atoms with van der Waals surface area (Å²) in [6.45, 7) is -0.255. The minimum Gasteiger partial charge on any atom is -0.479 e. The van der Waals surface area contributed by atoms with Gasteiger partial charge in [0.15, 0.2) is 6.04 Å². The molecule has 1 heterocycles. The number of hydrogen-bond acceptors (Lipinski definition) is 3. The smallest absolute Gasteiger partial charge is 0.331 e. The molecule has 0 saturated carbocycles. The number of carbonyl (C=O) groups excluding carboxylic acids is 1. The highest BCUT2D eigenvalue weighted by Crippen LogP contribution is 2.44. The third-order valence-electron chi connectivity index (χ3n) is 5.37. The van der Waals surface area contributed by atoms with E-state index >= 15 is 0 Å². The van der Waals surface area contributed by atoms with Crippen molar-refractivity contribution < 1.29 is 19.4 Å². The normalized spacial score (nSPS) is 19.6. The number of rotatable bonds is 5. The van der Waals surface area contributed by atoms with Crippen LogP contribution in [-0.4, -0.2) is 28.5 Å². The molecule has 1 amide bonds. The average Bonchev–Trinajstić information content (AvgIpc) is 2.77. The van der Waals surface area contributed by atoms with Gasteiger partial charge in [0.2, 0.25) is 5.91 Å². The summed E-state index contributed by atoms with van der Waals surface area (Å²) in [6.07, 6.45) is -0.611. The fraction of sp³-hybridized carbons (Fsp3) is 0.167. The number of aliphatic carboxylic acids is 1. The lowest BCUT2D eigenvalue weighted by molar-refractivity contribution is -0.171. The van der Waals surface area contributed by atoms with Gasteiger partial charge in [-0.1, -0.05) is 71.2 Å². The van der Waals surface area contributed by atoms with Crippen molar-refractivity contribution >= 4 is 46.7 Å². The number of hydrogen-bond donors (Lipinski definition) is 1. The van der Waals surface area contributed by atoms with Crippen LogP contribution in [0.1, 0.15) is 34.9 Å². The fourth-order valence-electron chi connectivity index (χ4n) is 3.93. The lowest BCUT2D eigenvalue weighted by atomic mass is 9.90. The Morgan fingerprint density at radius 3 is 1.81 bits per heavy atom. The molecule has 3 aromatic rings. The molecular weight excluding hydrogens is 473 g/mol. The van der Waals surface area contributed by atoms with Crippen LogP contribution in [0.4, 0.5) is 0 Å². The van der Waals surface area contributed by atoms with Crippen molar-refractivity contribution in [1.82, 2.24) is 4.90 Å². The highest BCUT2D eigenvalue weighted by Gasteiger charge is 2.45. The van der Waals surface area contributed by atoms with E-state index in [-0.39, 0.29) is 6.61 Å². The Morgan fingerprint density at radius 2 is 1.31 bits per heavy atom. The van der Waals surface area contributed by atoms with E-state index in [1.165, 1.54) is 4.90 Å². The van der Waals surface area contributed by atoms with Gasteiger partial charge in [0.05, 0.1) is 6.04 Å². The molecule has 8 heteroatoms. The number of carbonyl (C=O) groups is 2. The van der Waals surface area contributed by atoms with Crippen molar-refractivity contribution in [1.29, 1.82) is 0 Å². The second kappa shape index (κ2) is 9.51. The molecule has 0 aliphatic carbocycles. The van der Waals surface area contributed by atoms with Crippen molar-refractivity contribution in [3.63, 3.8) is 0 Å². The van der Waals surface area contributed by atoms with E-state index in [4.69, 9.17) is 39.5 Å². The fourth-order valence-corrected chi connectivity index (χ4v) is 4.30. The van der Waals surface area contributed by atoms with Gasteiger partial charge in [0, 0.05) is 15.1 Å². The van der Waals surface area contributed by atoms with Crippen LogP contribution in [0.15, 0.2) is 72.8 Å². The molecule has 0 aromatic heterocycles. The van der Waals surface area contributed by atoms with E-state index in [0.29, 0.717) is 26.2 Å². The first-order valence-electron chi connectivity index (χ1n) is 9.77. The highest BCUT2D eigenvalue weighted by atomic mass is 35.5. The SMILES string of the molecule is O=C(O)[C@@H](c1ccc(Cl)cc1)N1C(=O)CO[C@H](c2ccc(Cl)cc2)[C@@H]1c1ccc(Cl)cc1. The molecule has 0 unspecified atom stereocenters. The molecule has 164 valence electrons. The maximum absolute atomic E-state index is 13.1. The highest BCUT2D eigenvalue weighted by molar-refractivity contribution is 6.31. The molecule has 5 nitrogen and oxygen atoms in total. The first-order chi connectivity index (χ1) is 15.3. The van der Waals surface area contributed by atoms with Gasteiger partial charge in [-0.05, 0) is 53.1 Å². The van der Waals surface area contributed by atoms with Gasteiger partial charge in [0.1, 0.15) is 12.7 Å². The van der Waals surface area contributed by atoms with Crippen molar-refractivity contribution in [2.45, 2.75) is 18.2 Å². The van der Waals surface area contributed by atoms with Gasteiger partial charge in [-0.15, -0.1) is 0 Å². The second-order valence-corrected chi connectivity index (χ2v) is 8.68. The lowest BCUT2D eigenvalue weighted by Gasteiger charge is -2.44. The van der Waals surface area contributed by atoms with Crippen LogP contribution < -0.4 is 0 Å². The molecule has 3 atom stereocenters. The van der Waals surface area contributed by atoms with Gasteiger partial charge in [-0.3, -0.25) is 4.79 Å². The van der Waals surface area contributed by atoms with Crippen molar-refractivity contribution in [3.05, 3.63) is 105 Å². The Kier molecular flexibility index (Phi) is 6.72. The summed E-state index contributed by atoms with van der Waals surface area (Å²) in [5.41, 5.74) is 1.90. The molecular formula is C24H18Cl3NO4. The number of carboxylic acid groups (broad SMARTS) is 1. The molecule has 3 aromatic carbocycles. The van der Waals surface area contributed by atoms with Crippen LogP contribution in [0, 0.1) is 0 Å². The molecule has 32 heavy (non-hydrogen) atoms. The quantitative estimate of drug-likeness (QED) is 0.468. The van der Waals surface area contributed by atoms with E-state index in [1.54, 1.807) is 60.7 Å². The van der Waals surface area contributed by atoms with Crippen LogP contribution in [0.2, 0.25) is 15.1 Å². The van der Waals surface area contributed by atoms with E-state index in [9.17, 15) is 14.7 Å². The maximum atomic E-state index is 13.1. The van der Waals surface area contributed by atoms with E-state index < -0.39 is 30.1 Å². The zero-order valence-electron chi connectivity index (χ0n) is 16.6. The van der Waals surface area contributed by atoms with Crippen molar-refractivity contribution in [2.75, 3.05) is 6.61 Å². The molecule has 1 aliphatic rings. The third kappa shape index (κ3) is 4.62. The molecule has 1 N–H and O–H groups in total. The Labute approximate surface area is 200 Å². The summed E-state index contributed by atoms with van der Waals surface area (Å²) in [5, 5.41) is 11.7. The Bertz CT molecular complexity index is 1120. The summed E-state index contributed by atoms with van der Waals surface area (Å²) in [4.78, 5) is 26.9. The molecule has 0 radical (unpaired) electrons. The zero-order valence-corrected chi connectivity index (χ0v) is 18.9. The van der Waals surface area contributed by atoms with Crippen LogP contribution in [0.5, 0.6) is 0 Å². The molecule has 1 saturated heterocycles. The number of amides is 1. The number of carboxylic acids is 1. The zero-order chi connectivity index (χ0) is 22.8. The summed E-state index contributed by atoms with van der Waals surface area (Å²) < 4.78 is 5.95.